The lowest BCUT2D eigenvalue weighted by molar-refractivity contribution is -0.137. The number of hydrogen-bond acceptors (Lipinski definition) is 5. The molecule has 2 fully saturated rings. The molecule has 0 amide bonds. The monoisotopic (exact) mass is 437 g/mol. The standard InChI is InChI=1S/C21H31N3O5S/c1-2-22(13-16(25)26)20(30)17-18(27)23(14-9-5-3-6-10-14)21(29)24(19(17)28)15-11-7-4-8-12-15/h14-15,27H,2-13H2,1H3,(H,25,26). The Morgan fingerprint density at radius 2 is 1.50 bits per heavy atom. The van der Waals surface area contributed by atoms with Crippen LogP contribution < -0.4 is 11.2 Å². The van der Waals surface area contributed by atoms with Crippen LogP contribution in [0.15, 0.2) is 9.59 Å². The number of carboxylic acid groups (broad SMARTS) is 1. The van der Waals surface area contributed by atoms with Gasteiger partial charge in [-0.2, -0.15) is 0 Å². The van der Waals surface area contributed by atoms with Gasteiger partial charge in [-0.15, -0.1) is 0 Å². The molecule has 2 aliphatic carbocycles. The molecule has 2 N–H and O–H groups in total. The van der Waals surface area contributed by atoms with E-state index in [9.17, 15) is 24.6 Å². The Hall–Kier alpha value is -2.16. The fourth-order valence-electron chi connectivity index (χ4n) is 4.80. The maximum Gasteiger partial charge on any atom is 0.334 e. The van der Waals surface area contributed by atoms with Crippen molar-refractivity contribution < 1.29 is 15.0 Å². The maximum absolute atomic E-state index is 13.4. The van der Waals surface area contributed by atoms with Crippen molar-refractivity contribution in [3.63, 3.8) is 0 Å². The second kappa shape index (κ2) is 9.76. The second-order valence-electron chi connectivity index (χ2n) is 8.32. The lowest BCUT2D eigenvalue weighted by Crippen LogP contribution is -2.48. The first-order valence-electron chi connectivity index (χ1n) is 11.0. The Bertz CT molecular complexity index is 910. The number of rotatable bonds is 6. The highest BCUT2D eigenvalue weighted by atomic mass is 32.1. The van der Waals surface area contributed by atoms with Gasteiger partial charge < -0.3 is 15.1 Å². The molecule has 1 aromatic heterocycles. The van der Waals surface area contributed by atoms with Gasteiger partial charge in [-0.3, -0.25) is 18.7 Å². The third kappa shape index (κ3) is 4.45. The summed E-state index contributed by atoms with van der Waals surface area (Å²) in [6.45, 7) is 1.64. The van der Waals surface area contributed by atoms with Gasteiger partial charge in [0.2, 0.25) is 5.88 Å². The van der Waals surface area contributed by atoms with Gasteiger partial charge >= 0.3 is 11.7 Å². The largest absolute Gasteiger partial charge is 0.494 e. The Morgan fingerprint density at radius 1 is 1.00 bits per heavy atom. The quantitative estimate of drug-likeness (QED) is 0.659. The van der Waals surface area contributed by atoms with Gasteiger partial charge in [0.1, 0.15) is 17.1 Å². The summed E-state index contributed by atoms with van der Waals surface area (Å²) < 4.78 is 2.63. The lowest BCUT2D eigenvalue weighted by Gasteiger charge is -2.30. The van der Waals surface area contributed by atoms with Crippen LogP contribution in [0.3, 0.4) is 0 Å². The molecule has 0 aliphatic heterocycles. The van der Waals surface area contributed by atoms with Crippen molar-refractivity contribution in [2.45, 2.75) is 83.2 Å². The second-order valence-corrected chi connectivity index (χ2v) is 8.71. The molecule has 0 unspecified atom stereocenters. The van der Waals surface area contributed by atoms with Crippen LogP contribution in [0.4, 0.5) is 0 Å². The van der Waals surface area contributed by atoms with Gasteiger partial charge in [-0.25, -0.2) is 4.79 Å². The van der Waals surface area contributed by atoms with Crippen molar-refractivity contribution in [2.24, 2.45) is 0 Å². The van der Waals surface area contributed by atoms with Crippen molar-refractivity contribution in [3.05, 3.63) is 26.4 Å². The molecule has 1 heterocycles. The van der Waals surface area contributed by atoms with Crippen LogP contribution in [-0.4, -0.2) is 48.3 Å². The van der Waals surface area contributed by atoms with Crippen LogP contribution >= 0.6 is 12.2 Å². The first-order chi connectivity index (χ1) is 14.4. The van der Waals surface area contributed by atoms with Gasteiger partial charge in [-0.1, -0.05) is 50.7 Å². The van der Waals surface area contributed by atoms with E-state index in [1.54, 1.807) is 6.92 Å². The van der Waals surface area contributed by atoms with Crippen LogP contribution in [0.2, 0.25) is 0 Å². The Morgan fingerprint density at radius 3 is 1.97 bits per heavy atom. The first-order valence-corrected chi connectivity index (χ1v) is 11.4. The van der Waals surface area contributed by atoms with Crippen LogP contribution in [0.1, 0.15) is 88.8 Å². The number of carbonyl (C=O) groups is 1. The fourth-order valence-corrected chi connectivity index (χ4v) is 5.17. The third-order valence-electron chi connectivity index (χ3n) is 6.39. The molecule has 0 saturated heterocycles. The van der Waals surface area contributed by atoms with Gasteiger partial charge in [0.25, 0.3) is 5.56 Å². The van der Waals surface area contributed by atoms with E-state index in [4.69, 9.17) is 12.2 Å². The molecule has 30 heavy (non-hydrogen) atoms. The minimum absolute atomic E-state index is 0.0171. The van der Waals surface area contributed by atoms with Crippen molar-refractivity contribution in [1.29, 1.82) is 0 Å². The summed E-state index contributed by atoms with van der Waals surface area (Å²) >= 11 is 5.47. The van der Waals surface area contributed by atoms with Gasteiger partial charge in [0, 0.05) is 18.6 Å². The summed E-state index contributed by atoms with van der Waals surface area (Å²) in [7, 11) is 0. The van der Waals surface area contributed by atoms with E-state index in [2.05, 4.69) is 0 Å². The van der Waals surface area contributed by atoms with E-state index in [1.165, 1.54) is 14.0 Å². The number of aromatic nitrogens is 2. The minimum Gasteiger partial charge on any atom is -0.494 e. The number of aliphatic carboxylic acids is 1. The predicted molar refractivity (Wildman–Crippen MR) is 117 cm³/mol. The maximum atomic E-state index is 13.4. The zero-order chi connectivity index (χ0) is 21.8. The molecule has 2 aliphatic rings. The first kappa shape index (κ1) is 22.5. The molecular weight excluding hydrogens is 406 g/mol. The summed E-state index contributed by atoms with van der Waals surface area (Å²) in [5.74, 6) is -1.50. The molecule has 9 heteroatoms. The summed E-state index contributed by atoms with van der Waals surface area (Å²) in [5.41, 5.74) is -1.20. The van der Waals surface area contributed by atoms with Crippen LogP contribution in [0.5, 0.6) is 5.88 Å². The number of hydrogen-bond donors (Lipinski definition) is 2. The molecule has 0 spiro atoms. The highest BCUT2D eigenvalue weighted by molar-refractivity contribution is 7.80. The number of aromatic hydroxyl groups is 1. The Kier molecular flexibility index (Phi) is 7.33. The molecule has 3 rings (SSSR count). The smallest absolute Gasteiger partial charge is 0.334 e. The van der Waals surface area contributed by atoms with Crippen molar-refractivity contribution in [2.75, 3.05) is 13.1 Å². The number of carboxylic acids is 1. The molecule has 166 valence electrons. The molecule has 8 nitrogen and oxygen atoms in total. The highest BCUT2D eigenvalue weighted by Crippen LogP contribution is 2.32. The van der Waals surface area contributed by atoms with Gasteiger partial charge in [0.05, 0.1) is 0 Å². The normalized spacial score (nSPS) is 18.3. The van der Waals surface area contributed by atoms with E-state index in [0.29, 0.717) is 0 Å². The molecule has 2 saturated carbocycles. The predicted octanol–water partition coefficient (Wildman–Crippen LogP) is 2.81. The van der Waals surface area contributed by atoms with E-state index in [-0.39, 0.29) is 35.7 Å². The van der Waals surface area contributed by atoms with E-state index >= 15 is 0 Å². The van der Waals surface area contributed by atoms with Crippen molar-refractivity contribution in [3.8, 4) is 5.88 Å². The van der Waals surface area contributed by atoms with Crippen molar-refractivity contribution >= 4 is 23.2 Å². The van der Waals surface area contributed by atoms with E-state index in [0.717, 1.165) is 64.2 Å². The third-order valence-corrected chi connectivity index (χ3v) is 6.85. The van der Waals surface area contributed by atoms with Gasteiger partial charge in [-0.05, 0) is 32.6 Å². The molecular formula is C21H31N3O5S. The average Bonchev–Trinajstić information content (AvgIpc) is 2.73. The number of thiocarbonyl (C=S) groups is 1. The van der Waals surface area contributed by atoms with Crippen LogP contribution in [-0.2, 0) is 4.79 Å². The van der Waals surface area contributed by atoms with Gasteiger partial charge in [0.15, 0.2) is 0 Å². The molecule has 0 radical (unpaired) electrons. The molecule has 0 atom stereocenters. The number of nitrogens with zero attached hydrogens (tertiary/aromatic N) is 3. The Labute approximate surface area is 181 Å². The van der Waals surface area contributed by atoms with Crippen molar-refractivity contribution in [1.82, 2.24) is 14.0 Å². The zero-order valence-corrected chi connectivity index (χ0v) is 18.3. The number of likely N-dealkylation sites (N-methyl/N-ethyl adjacent to an activating group) is 1. The van der Waals surface area contributed by atoms with E-state index in [1.807, 2.05) is 0 Å². The molecule has 0 aromatic carbocycles. The molecule has 1 aromatic rings. The molecule has 0 bridgehead atoms. The SMILES string of the molecule is CCN(CC(=O)O)C(=S)c1c(O)n(C2CCCCC2)c(=O)n(C2CCCCC2)c1=O. The fraction of sp³-hybridized carbons (Fsp3) is 0.714. The van der Waals surface area contributed by atoms with Crippen LogP contribution in [0.25, 0.3) is 0 Å². The highest BCUT2D eigenvalue weighted by Gasteiger charge is 2.31. The Balaban J connectivity index is 2.19. The summed E-state index contributed by atoms with van der Waals surface area (Å²) in [4.78, 5) is 39.4. The topological polar surface area (TPSA) is 105 Å². The lowest BCUT2D eigenvalue weighted by atomic mass is 9.94. The summed E-state index contributed by atoms with van der Waals surface area (Å²) in [6, 6.07) is -0.400. The summed E-state index contributed by atoms with van der Waals surface area (Å²) in [5, 5.41) is 20.3. The average molecular weight is 438 g/mol. The van der Waals surface area contributed by atoms with Crippen LogP contribution in [0, 0.1) is 0 Å². The van der Waals surface area contributed by atoms with E-state index < -0.39 is 23.1 Å². The minimum atomic E-state index is -1.08. The summed E-state index contributed by atoms with van der Waals surface area (Å²) in [6.07, 6.45) is 8.96. The zero-order valence-electron chi connectivity index (χ0n) is 17.5.